The molecule has 3 nitrogen and oxygen atoms in total. The molecule has 0 spiro atoms. The summed E-state index contributed by atoms with van der Waals surface area (Å²) in [6.45, 7) is 5.05. The van der Waals surface area contributed by atoms with Crippen molar-refractivity contribution in [1.82, 2.24) is 4.72 Å². The van der Waals surface area contributed by atoms with Gasteiger partial charge < -0.3 is 9.46 Å². The molecule has 0 aromatic heterocycles. The zero-order valence-corrected chi connectivity index (χ0v) is 16.0. The number of benzene rings is 2. The maximum Gasteiger partial charge on any atom is 0.152 e. The van der Waals surface area contributed by atoms with Crippen molar-refractivity contribution >= 4 is 45.5 Å². The summed E-state index contributed by atoms with van der Waals surface area (Å²) in [4.78, 5) is 1.12. The minimum atomic E-state index is 0.806. The quantitative estimate of drug-likeness (QED) is 0.570. The third-order valence-electron chi connectivity index (χ3n) is 2.81. The fourth-order valence-corrected chi connectivity index (χ4v) is 3.38. The molecule has 118 valence electrons. The summed E-state index contributed by atoms with van der Waals surface area (Å²) in [5.41, 5.74) is 2.15. The van der Waals surface area contributed by atoms with E-state index < -0.39 is 0 Å². The van der Waals surface area contributed by atoms with Crippen LogP contribution in [0.5, 0.6) is 11.5 Å². The van der Waals surface area contributed by atoms with Gasteiger partial charge in [-0.15, -0.1) is 0 Å². The lowest BCUT2D eigenvalue weighted by atomic mass is 10.2. The molecule has 0 aliphatic rings. The second kappa shape index (κ2) is 8.72. The molecule has 0 saturated heterocycles. The van der Waals surface area contributed by atoms with Crippen molar-refractivity contribution in [2.24, 2.45) is 0 Å². The van der Waals surface area contributed by atoms with Crippen LogP contribution in [0, 0.1) is 6.92 Å². The predicted molar refractivity (Wildman–Crippen MR) is 102 cm³/mol. The van der Waals surface area contributed by atoms with Gasteiger partial charge in [-0.2, -0.15) is 0 Å². The van der Waals surface area contributed by atoms with Gasteiger partial charge in [0, 0.05) is 17.7 Å². The number of rotatable bonds is 7. The van der Waals surface area contributed by atoms with Gasteiger partial charge in [-0.3, -0.25) is 4.72 Å². The number of ether oxygens (including phenoxy) is 1. The van der Waals surface area contributed by atoms with Crippen molar-refractivity contribution < 1.29 is 4.74 Å². The van der Waals surface area contributed by atoms with Crippen LogP contribution in [-0.4, -0.2) is 12.8 Å². The Morgan fingerprint density at radius 3 is 2.64 bits per heavy atom. The largest absolute Gasteiger partial charge is 0.454 e. The van der Waals surface area contributed by atoms with Crippen molar-refractivity contribution in [3.05, 3.63) is 46.4 Å². The molecule has 2 N–H and O–H groups in total. The molecule has 0 fully saturated rings. The normalized spacial score (nSPS) is 10.5. The first-order chi connectivity index (χ1) is 10.6. The van der Waals surface area contributed by atoms with E-state index in [9.17, 15) is 0 Å². The maximum atomic E-state index is 6.10. The van der Waals surface area contributed by atoms with Crippen molar-refractivity contribution in [3.63, 3.8) is 0 Å². The second-order valence-corrected chi connectivity index (χ2v) is 7.03. The Balaban J connectivity index is 2.29. The molecule has 0 aliphatic heterocycles. The van der Waals surface area contributed by atoms with E-state index in [4.69, 9.17) is 4.74 Å². The van der Waals surface area contributed by atoms with Gasteiger partial charge in [-0.05, 0) is 70.7 Å². The SMILES string of the molecule is CCNSc1ccc(NSC)c(Oc2ccc(C)cc2Br)c1. The van der Waals surface area contributed by atoms with E-state index in [2.05, 4.69) is 45.3 Å². The van der Waals surface area contributed by atoms with Crippen molar-refractivity contribution in [2.75, 3.05) is 17.5 Å². The molecule has 0 amide bonds. The molecule has 0 unspecified atom stereocenters. The van der Waals surface area contributed by atoms with Gasteiger partial charge in [0.15, 0.2) is 5.75 Å². The fraction of sp³-hybridized carbons (Fsp3) is 0.250. The van der Waals surface area contributed by atoms with Gasteiger partial charge >= 0.3 is 0 Å². The number of anilines is 1. The van der Waals surface area contributed by atoms with E-state index in [0.29, 0.717) is 0 Å². The smallest absolute Gasteiger partial charge is 0.152 e. The van der Waals surface area contributed by atoms with Crippen LogP contribution in [0.3, 0.4) is 0 Å². The Morgan fingerprint density at radius 1 is 1.14 bits per heavy atom. The maximum absolute atomic E-state index is 6.10. The fourth-order valence-electron chi connectivity index (χ4n) is 1.81. The Kier molecular flexibility index (Phi) is 6.95. The first-order valence-electron chi connectivity index (χ1n) is 6.90. The van der Waals surface area contributed by atoms with Crippen LogP contribution in [0.2, 0.25) is 0 Å². The van der Waals surface area contributed by atoms with Gasteiger partial charge in [0.25, 0.3) is 0 Å². The molecular weight excluding hydrogens is 380 g/mol. The number of aryl methyl sites for hydroxylation is 1. The summed E-state index contributed by atoms with van der Waals surface area (Å²) in [6.07, 6.45) is 1.99. The molecule has 0 atom stereocenters. The van der Waals surface area contributed by atoms with Crippen molar-refractivity contribution in [3.8, 4) is 11.5 Å². The number of hydrogen-bond donors (Lipinski definition) is 2. The van der Waals surface area contributed by atoms with Crippen molar-refractivity contribution in [1.29, 1.82) is 0 Å². The highest BCUT2D eigenvalue weighted by Crippen LogP contribution is 2.37. The van der Waals surface area contributed by atoms with Crippen LogP contribution >= 0.6 is 39.8 Å². The first-order valence-corrected chi connectivity index (χ1v) is 9.74. The van der Waals surface area contributed by atoms with E-state index in [1.54, 1.807) is 23.9 Å². The highest BCUT2D eigenvalue weighted by atomic mass is 79.9. The topological polar surface area (TPSA) is 33.3 Å². The molecule has 6 heteroatoms. The van der Waals surface area contributed by atoms with Gasteiger partial charge in [0.1, 0.15) is 5.75 Å². The van der Waals surface area contributed by atoms with Gasteiger partial charge in [-0.1, -0.05) is 24.9 Å². The Hall–Kier alpha value is -0.820. The Morgan fingerprint density at radius 2 is 1.95 bits per heavy atom. The summed E-state index contributed by atoms with van der Waals surface area (Å²) >= 11 is 6.71. The zero-order valence-electron chi connectivity index (χ0n) is 12.8. The molecule has 2 rings (SSSR count). The average Bonchev–Trinajstić information content (AvgIpc) is 2.50. The molecule has 2 aromatic carbocycles. The molecule has 0 radical (unpaired) electrons. The lowest BCUT2D eigenvalue weighted by molar-refractivity contribution is 0.480. The average molecular weight is 399 g/mol. The highest BCUT2D eigenvalue weighted by molar-refractivity contribution is 9.10. The molecule has 22 heavy (non-hydrogen) atoms. The van der Waals surface area contributed by atoms with Crippen LogP contribution < -0.4 is 14.2 Å². The Bertz CT molecular complexity index is 638. The van der Waals surface area contributed by atoms with E-state index in [0.717, 1.165) is 33.1 Å². The summed E-state index contributed by atoms with van der Waals surface area (Å²) < 4.78 is 13.6. The van der Waals surface area contributed by atoms with E-state index in [-0.39, 0.29) is 0 Å². The van der Waals surface area contributed by atoms with E-state index >= 15 is 0 Å². The molecular formula is C16H19BrN2OS2. The van der Waals surface area contributed by atoms with Gasteiger partial charge in [-0.25, -0.2) is 0 Å². The number of halogens is 1. The van der Waals surface area contributed by atoms with Crippen LogP contribution in [0.4, 0.5) is 5.69 Å². The summed E-state index contributed by atoms with van der Waals surface area (Å²) in [5.74, 6) is 1.61. The Labute approximate surface area is 149 Å². The molecule has 0 bridgehead atoms. The minimum absolute atomic E-state index is 0.806. The molecule has 0 aliphatic carbocycles. The zero-order chi connectivity index (χ0) is 15.9. The summed E-state index contributed by atoms with van der Waals surface area (Å²) in [7, 11) is 0. The second-order valence-electron chi connectivity index (χ2n) is 4.60. The molecule has 0 saturated carbocycles. The summed E-state index contributed by atoms with van der Waals surface area (Å²) in [5, 5.41) is 0. The monoisotopic (exact) mass is 398 g/mol. The van der Waals surface area contributed by atoms with E-state index in [1.807, 2.05) is 36.6 Å². The standard InChI is InChI=1S/C16H19BrN2OS2/c1-4-18-22-12-6-7-14(19-21-3)16(10-12)20-15-8-5-11(2)9-13(15)17/h5-10,18-19H,4H2,1-3H3. The number of hydrogen-bond acceptors (Lipinski definition) is 5. The number of nitrogens with one attached hydrogen (secondary N) is 2. The van der Waals surface area contributed by atoms with Crippen LogP contribution in [0.15, 0.2) is 45.8 Å². The molecule has 2 aromatic rings. The highest BCUT2D eigenvalue weighted by Gasteiger charge is 2.09. The van der Waals surface area contributed by atoms with E-state index in [1.165, 1.54) is 5.56 Å². The van der Waals surface area contributed by atoms with Gasteiger partial charge in [0.2, 0.25) is 0 Å². The summed E-state index contributed by atoms with van der Waals surface area (Å²) in [6, 6.07) is 12.2. The minimum Gasteiger partial charge on any atom is -0.454 e. The molecule has 0 heterocycles. The lowest BCUT2D eigenvalue weighted by Crippen LogP contribution is -2.00. The van der Waals surface area contributed by atoms with Crippen molar-refractivity contribution in [2.45, 2.75) is 18.7 Å². The van der Waals surface area contributed by atoms with Crippen LogP contribution in [0.1, 0.15) is 12.5 Å². The third kappa shape index (κ3) is 4.84. The lowest BCUT2D eigenvalue weighted by Gasteiger charge is -2.14. The first kappa shape index (κ1) is 17.5. The van der Waals surface area contributed by atoms with Crippen LogP contribution in [-0.2, 0) is 0 Å². The third-order valence-corrected chi connectivity index (χ3v) is 4.77. The van der Waals surface area contributed by atoms with Gasteiger partial charge in [0.05, 0.1) is 10.2 Å². The predicted octanol–water partition coefficient (Wildman–Crippen LogP) is 5.86. The van der Waals surface area contributed by atoms with Crippen LogP contribution in [0.25, 0.3) is 0 Å².